The molecule has 1 aliphatic rings. The van der Waals surface area contributed by atoms with Crippen LogP contribution in [0.15, 0.2) is 12.2 Å². The third-order valence-corrected chi connectivity index (χ3v) is 3.57. The lowest BCUT2D eigenvalue weighted by molar-refractivity contribution is -0.232. The van der Waals surface area contributed by atoms with Crippen molar-refractivity contribution in [3.05, 3.63) is 12.2 Å². The van der Waals surface area contributed by atoms with Crippen LogP contribution >= 0.6 is 7.94 Å². The topological polar surface area (TPSA) is 41.5 Å². The summed E-state index contributed by atoms with van der Waals surface area (Å²) in [5.41, 5.74) is -0.0101. The summed E-state index contributed by atoms with van der Waals surface area (Å²) in [7, 11) is -2.80. The van der Waals surface area contributed by atoms with Crippen LogP contribution in [-0.2, 0) is 9.05 Å². The lowest BCUT2D eigenvalue weighted by Gasteiger charge is -2.37. The SMILES string of the molecule is C/C=C/C[P+]1([O-])OCC(C)(C)CO1. The zero-order valence-corrected chi connectivity index (χ0v) is 9.34. The molecule has 3 nitrogen and oxygen atoms in total. The molecule has 1 fully saturated rings. The average molecular weight is 204 g/mol. The number of allylic oxidation sites excluding steroid dienone is 2. The van der Waals surface area contributed by atoms with Crippen molar-refractivity contribution in [1.82, 2.24) is 0 Å². The lowest BCUT2D eigenvalue weighted by atomic mass is 9.97. The van der Waals surface area contributed by atoms with Crippen LogP contribution in [0.4, 0.5) is 0 Å². The van der Waals surface area contributed by atoms with Gasteiger partial charge >= 0.3 is 0 Å². The maximum Gasteiger partial charge on any atom is 0.241 e. The van der Waals surface area contributed by atoms with E-state index in [9.17, 15) is 4.89 Å². The number of hydrogen-bond donors (Lipinski definition) is 0. The Morgan fingerprint density at radius 1 is 1.38 bits per heavy atom. The highest BCUT2D eigenvalue weighted by atomic mass is 31.2. The van der Waals surface area contributed by atoms with Crippen LogP contribution in [0.25, 0.3) is 0 Å². The van der Waals surface area contributed by atoms with Gasteiger partial charge in [0, 0.05) is 5.41 Å². The molecule has 1 aliphatic heterocycles. The van der Waals surface area contributed by atoms with Crippen LogP contribution in [0.5, 0.6) is 0 Å². The molecular weight excluding hydrogens is 187 g/mol. The second kappa shape index (κ2) is 4.05. The second-order valence-electron chi connectivity index (χ2n) is 4.07. The first-order valence-electron chi connectivity index (χ1n) is 4.47. The van der Waals surface area contributed by atoms with Gasteiger partial charge in [0.25, 0.3) is 0 Å². The maximum atomic E-state index is 11.8. The normalized spacial score (nSPS) is 26.5. The zero-order valence-electron chi connectivity index (χ0n) is 8.45. The molecule has 0 bridgehead atoms. The predicted molar refractivity (Wildman–Crippen MR) is 52.3 cm³/mol. The number of hydrogen-bond acceptors (Lipinski definition) is 3. The van der Waals surface area contributed by atoms with E-state index in [1.807, 2.05) is 32.9 Å². The molecule has 1 heterocycles. The lowest BCUT2D eigenvalue weighted by Crippen LogP contribution is -2.35. The maximum absolute atomic E-state index is 11.8. The monoisotopic (exact) mass is 204 g/mol. The minimum Gasteiger partial charge on any atom is -0.631 e. The molecule has 13 heavy (non-hydrogen) atoms. The van der Waals surface area contributed by atoms with Crippen molar-refractivity contribution in [2.75, 3.05) is 19.4 Å². The molecule has 1 rings (SSSR count). The van der Waals surface area contributed by atoms with Gasteiger partial charge < -0.3 is 4.89 Å². The van der Waals surface area contributed by atoms with Gasteiger partial charge in [-0.25, -0.2) is 9.05 Å². The Morgan fingerprint density at radius 3 is 2.38 bits per heavy atom. The summed E-state index contributed by atoms with van der Waals surface area (Å²) in [6.07, 6.45) is 4.06. The van der Waals surface area contributed by atoms with Gasteiger partial charge in [-0.15, -0.1) is 0 Å². The molecule has 0 aromatic heterocycles. The molecule has 0 amide bonds. The Morgan fingerprint density at radius 2 is 1.92 bits per heavy atom. The van der Waals surface area contributed by atoms with Crippen LogP contribution in [-0.4, -0.2) is 19.4 Å². The summed E-state index contributed by atoms with van der Waals surface area (Å²) in [5, 5.41) is 0. The summed E-state index contributed by atoms with van der Waals surface area (Å²) in [6.45, 7) is 6.99. The van der Waals surface area contributed by atoms with Crippen molar-refractivity contribution in [3.63, 3.8) is 0 Å². The first-order valence-corrected chi connectivity index (χ1v) is 6.20. The molecule has 4 heteroatoms. The largest absolute Gasteiger partial charge is 0.631 e. The minimum absolute atomic E-state index is 0.0101. The fourth-order valence-corrected chi connectivity index (χ4v) is 2.81. The van der Waals surface area contributed by atoms with Gasteiger partial charge in [-0.3, -0.25) is 0 Å². The summed E-state index contributed by atoms with van der Waals surface area (Å²) in [5.74, 6) is 0. The van der Waals surface area contributed by atoms with Gasteiger partial charge in [0.05, 0.1) is 0 Å². The highest BCUT2D eigenvalue weighted by Crippen LogP contribution is 2.56. The van der Waals surface area contributed by atoms with Gasteiger partial charge in [-0.2, -0.15) is 0 Å². The third kappa shape index (κ3) is 3.35. The third-order valence-electron chi connectivity index (χ3n) is 1.87. The van der Waals surface area contributed by atoms with Crippen molar-refractivity contribution in [3.8, 4) is 0 Å². The molecule has 0 atom stereocenters. The van der Waals surface area contributed by atoms with Crippen molar-refractivity contribution in [1.29, 1.82) is 0 Å². The standard InChI is InChI=1S/C9H17O3P/c1-4-5-6-13(10)11-7-9(2,3)8-12-13/h4-5H,6-8H2,1-3H3/b5-4+. The molecule has 0 unspecified atom stereocenters. The average Bonchev–Trinajstić information content (AvgIpc) is 2.08. The van der Waals surface area contributed by atoms with E-state index in [0.29, 0.717) is 19.4 Å². The molecule has 0 radical (unpaired) electrons. The molecule has 0 spiro atoms. The van der Waals surface area contributed by atoms with E-state index in [1.165, 1.54) is 0 Å². The Balaban J connectivity index is 2.46. The molecule has 1 saturated heterocycles. The van der Waals surface area contributed by atoms with Crippen LogP contribution in [0.2, 0.25) is 0 Å². The van der Waals surface area contributed by atoms with Gasteiger partial charge in [-0.05, 0) is 13.0 Å². The number of rotatable bonds is 2. The minimum atomic E-state index is -2.80. The van der Waals surface area contributed by atoms with E-state index < -0.39 is 7.94 Å². The molecule has 0 aromatic rings. The molecule has 0 aliphatic carbocycles. The van der Waals surface area contributed by atoms with E-state index in [2.05, 4.69) is 0 Å². The van der Waals surface area contributed by atoms with Gasteiger partial charge in [0.2, 0.25) is 7.94 Å². The van der Waals surface area contributed by atoms with Crippen LogP contribution in [0.3, 0.4) is 0 Å². The Hall–Kier alpha value is 0.0500. The summed E-state index contributed by atoms with van der Waals surface area (Å²) >= 11 is 0. The molecule has 0 aromatic carbocycles. The summed E-state index contributed by atoms with van der Waals surface area (Å²) < 4.78 is 10.5. The van der Waals surface area contributed by atoms with Gasteiger partial charge in [0.15, 0.2) is 0 Å². The Labute approximate surface area is 80.3 Å². The van der Waals surface area contributed by atoms with E-state index >= 15 is 0 Å². The van der Waals surface area contributed by atoms with Gasteiger partial charge in [0.1, 0.15) is 19.4 Å². The van der Waals surface area contributed by atoms with Crippen LogP contribution in [0.1, 0.15) is 20.8 Å². The summed E-state index contributed by atoms with van der Waals surface area (Å²) in [6, 6.07) is 0. The first-order chi connectivity index (χ1) is 5.97. The van der Waals surface area contributed by atoms with E-state index in [-0.39, 0.29) is 5.41 Å². The molecule has 0 saturated carbocycles. The Kier molecular flexibility index (Phi) is 3.47. The zero-order chi connectivity index (χ0) is 9.95. The van der Waals surface area contributed by atoms with E-state index in [0.717, 1.165) is 0 Å². The summed E-state index contributed by atoms with van der Waals surface area (Å²) in [4.78, 5) is 11.8. The van der Waals surface area contributed by atoms with Crippen molar-refractivity contribution < 1.29 is 13.9 Å². The Bertz CT molecular complexity index is 191. The second-order valence-corrected chi connectivity index (χ2v) is 6.18. The van der Waals surface area contributed by atoms with E-state index in [1.54, 1.807) is 0 Å². The van der Waals surface area contributed by atoms with Gasteiger partial charge in [-0.1, -0.05) is 19.9 Å². The molecule has 76 valence electrons. The quantitative estimate of drug-likeness (QED) is 0.508. The highest BCUT2D eigenvalue weighted by molar-refractivity contribution is 7.59. The van der Waals surface area contributed by atoms with Crippen molar-refractivity contribution in [2.24, 2.45) is 5.41 Å². The van der Waals surface area contributed by atoms with Crippen LogP contribution in [0, 0.1) is 5.41 Å². The molecule has 0 N–H and O–H groups in total. The van der Waals surface area contributed by atoms with E-state index in [4.69, 9.17) is 9.05 Å². The van der Waals surface area contributed by atoms with Crippen molar-refractivity contribution >= 4 is 7.94 Å². The molecular formula is C9H17O3P. The first kappa shape index (κ1) is 11.1. The smallest absolute Gasteiger partial charge is 0.241 e. The van der Waals surface area contributed by atoms with Crippen molar-refractivity contribution in [2.45, 2.75) is 20.8 Å². The fraction of sp³-hybridized carbons (Fsp3) is 0.778. The highest BCUT2D eigenvalue weighted by Gasteiger charge is 2.39. The fourth-order valence-electron chi connectivity index (χ4n) is 0.965. The van der Waals surface area contributed by atoms with Crippen LogP contribution < -0.4 is 4.89 Å². The predicted octanol–water partition coefficient (Wildman–Crippen LogP) is 1.76.